The van der Waals surface area contributed by atoms with E-state index < -0.39 is 30.5 Å². The maximum Gasteiger partial charge on any atom is 0.167 e. The topological polar surface area (TPSA) is 143 Å². The summed E-state index contributed by atoms with van der Waals surface area (Å²) in [5.41, 5.74) is 5.27. The number of aromatic nitrogens is 4. The fourth-order valence-electron chi connectivity index (χ4n) is 2.57. The third-order valence-electron chi connectivity index (χ3n) is 3.84. The van der Waals surface area contributed by atoms with Crippen molar-refractivity contribution in [2.24, 2.45) is 5.41 Å². The van der Waals surface area contributed by atoms with Crippen LogP contribution in [0, 0.1) is 16.7 Å². The van der Waals surface area contributed by atoms with Crippen molar-refractivity contribution in [3.8, 4) is 6.07 Å². The van der Waals surface area contributed by atoms with Gasteiger partial charge < -0.3 is 20.7 Å². The van der Waals surface area contributed by atoms with E-state index in [9.17, 15) is 15.5 Å². The molecule has 1 fully saturated rings. The number of anilines is 1. The van der Waals surface area contributed by atoms with Crippen LogP contribution >= 0.6 is 0 Å². The van der Waals surface area contributed by atoms with Gasteiger partial charge in [-0.15, -0.1) is 0 Å². The zero-order valence-electron chi connectivity index (χ0n) is 11.2. The summed E-state index contributed by atoms with van der Waals surface area (Å²) in [6.45, 7) is 1.17. The van der Waals surface area contributed by atoms with E-state index in [1.807, 2.05) is 0 Å². The van der Waals surface area contributed by atoms with Gasteiger partial charge in [-0.05, 0) is 6.92 Å². The van der Waals surface area contributed by atoms with Gasteiger partial charge in [0.1, 0.15) is 29.5 Å². The molecular weight excluding hydrogens is 276 g/mol. The van der Waals surface area contributed by atoms with Gasteiger partial charge in [0.2, 0.25) is 0 Å². The number of fused-ring (bicyclic) bond motifs is 1. The molecule has 9 heteroatoms. The summed E-state index contributed by atoms with van der Waals surface area (Å²) < 4.78 is 7.14. The quantitative estimate of drug-likeness (QED) is 0.651. The molecule has 3 heterocycles. The van der Waals surface area contributed by atoms with E-state index in [0.717, 1.165) is 0 Å². The molecule has 2 aromatic rings. The number of hydrogen-bond donors (Lipinski definition) is 3. The predicted molar refractivity (Wildman–Crippen MR) is 70.5 cm³/mol. The monoisotopic (exact) mass is 290 g/mol. The van der Waals surface area contributed by atoms with Crippen LogP contribution in [0.5, 0.6) is 0 Å². The number of nitrogen functional groups attached to an aromatic ring is 1. The average Bonchev–Trinajstić information content (AvgIpc) is 3.01. The van der Waals surface area contributed by atoms with Crippen molar-refractivity contribution in [2.45, 2.75) is 25.4 Å². The van der Waals surface area contributed by atoms with Crippen molar-refractivity contribution >= 4 is 17.0 Å². The molecule has 0 aliphatic carbocycles. The van der Waals surface area contributed by atoms with Gasteiger partial charge in [0, 0.05) is 0 Å². The second kappa shape index (κ2) is 4.63. The minimum atomic E-state index is -1.25. The van der Waals surface area contributed by atoms with Crippen LogP contribution in [0.1, 0.15) is 13.2 Å². The Morgan fingerprint density at radius 1 is 1.52 bits per heavy atom. The molecule has 21 heavy (non-hydrogen) atoms. The van der Waals surface area contributed by atoms with Gasteiger partial charge in [-0.2, -0.15) is 5.26 Å². The number of hydrogen-bond acceptors (Lipinski definition) is 8. The minimum Gasteiger partial charge on any atom is -0.394 e. The van der Waals surface area contributed by atoms with Crippen LogP contribution in [0.3, 0.4) is 0 Å². The van der Waals surface area contributed by atoms with E-state index in [4.69, 9.17) is 10.5 Å². The molecule has 0 radical (unpaired) electrons. The minimum absolute atomic E-state index is 0.217. The van der Waals surface area contributed by atoms with Crippen LogP contribution < -0.4 is 5.73 Å². The van der Waals surface area contributed by atoms with Gasteiger partial charge in [0.15, 0.2) is 17.7 Å². The van der Waals surface area contributed by atoms with Gasteiger partial charge in [-0.3, -0.25) is 4.57 Å². The van der Waals surface area contributed by atoms with Crippen molar-refractivity contribution in [3.05, 3.63) is 12.7 Å². The SMILES string of the molecule is C[C@@]1(C#N)[C@H](O)[C@@H](CO)O[C@H]1n1cnc2c(N)ncnc21. The lowest BCUT2D eigenvalue weighted by molar-refractivity contribution is -0.0469. The van der Waals surface area contributed by atoms with E-state index >= 15 is 0 Å². The molecule has 0 unspecified atom stereocenters. The van der Waals surface area contributed by atoms with Crippen molar-refractivity contribution in [3.63, 3.8) is 0 Å². The lowest BCUT2D eigenvalue weighted by Gasteiger charge is -2.25. The van der Waals surface area contributed by atoms with Crippen molar-refractivity contribution in [2.75, 3.05) is 12.3 Å². The first-order chi connectivity index (χ1) is 10.0. The number of imidazole rings is 1. The van der Waals surface area contributed by atoms with Crippen molar-refractivity contribution in [1.82, 2.24) is 19.5 Å². The zero-order chi connectivity index (χ0) is 15.2. The van der Waals surface area contributed by atoms with E-state index in [-0.39, 0.29) is 5.82 Å². The third-order valence-corrected chi connectivity index (χ3v) is 3.84. The molecule has 2 aromatic heterocycles. The highest BCUT2D eigenvalue weighted by Crippen LogP contribution is 2.45. The number of nitrogens with two attached hydrogens (primary N) is 1. The van der Waals surface area contributed by atoms with Crippen LogP contribution in [0.25, 0.3) is 11.2 Å². The lowest BCUT2D eigenvalue weighted by Crippen LogP contribution is -2.37. The van der Waals surface area contributed by atoms with Crippen LogP contribution in [-0.2, 0) is 4.74 Å². The first-order valence-electron chi connectivity index (χ1n) is 6.31. The van der Waals surface area contributed by atoms with E-state index in [1.54, 1.807) is 6.92 Å². The lowest BCUT2D eigenvalue weighted by atomic mass is 9.84. The first-order valence-corrected chi connectivity index (χ1v) is 6.31. The normalized spacial score (nSPS) is 32.4. The smallest absolute Gasteiger partial charge is 0.167 e. The molecule has 110 valence electrons. The van der Waals surface area contributed by atoms with E-state index in [2.05, 4.69) is 21.0 Å². The highest BCUT2D eigenvalue weighted by molar-refractivity contribution is 5.81. The average molecular weight is 290 g/mol. The Bertz CT molecular complexity index is 725. The largest absolute Gasteiger partial charge is 0.394 e. The van der Waals surface area contributed by atoms with Crippen molar-refractivity contribution in [1.29, 1.82) is 5.26 Å². The highest BCUT2D eigenvalue weighted by Gasteiger charge is 2.54. The Morgan fingerprint density at radius 3 is 2.95 bits per heavy atom. The summed E-state index contributed by atoms with van der Waals surface area (Å²) >= 11 is 0. The summed E-state index contributed by atoms with van der Waals surface area (Å²) in [6, 6.07) is 2.06. The molecule has 1 aliphatic rings. The standard InChI is InChI=1S/C12H14N6O3/c1-12(3-13)8(20)6(2-19)21-11(12)18-5-17-7-9(14)15-4-16-10(7)18/h4-6,8,11,19-20H,2H2,1H3,(H2,14,15,16)/t6-,8-,11-,12-/m1/s1. The van der Waals surface area contributed by atoms with Crippen LogP contribution in [-0.4, -0.2) is 48.5 Å². The Morgan fingerprint density at radius 2 is 2.29 bits per heavy atom. The molecule has 3 rings (SSSR count). The van der Waals surface area contributed by atoms with Crippen LogP contribution in [0.15, 0.2) is 12.7 Å². The maximum atomic E-state index is 10.2. The second-order valence-corrected chi connectivity index (χ2v) is 5.13. The van der Waals surface area contributed by atoms with Crippen LogP contribution in [0.4, 0.5) is 5.82 Å². The molecule has 0 bridgehead atoms. The summed E-state index contributed by atoms with van der Waals surface area (Å²) in [7, 11) is 0. The Kier molecular flexibility index (Phi) is 3.02. The molecule has 0 amide bonds. The number of aliphatic hydroxyl groups is 2. The molecule has 1 saturated heterocycles. The summed E-state index contributed by atoms with van der Waals surface area (Å²) in [5.74, 6) is 0.217. The Hall–Kier alpha value is -2.28. The van der Waals surface area contributed by atoms with Gasteiger partial charge >= 0.3 is 0 Å². The molecule has 0 aromatic carbocycles. The molecular formula is C12H14N6O3. The number of aliphatic hydroxyl groups excluding tert-OH is 2. The van der Waals surface area contributed by atoms with Crippen molar-refractivity contribution < 1.29 is 14.9 Å². The van der Waals surface area contributed by atoms with Crippen LogP contribution in [0.2, 0.25) is 0 Å². The van der Waals surface area contributed by atoms with Gasteiger partial charge in [0.25, 0.3) is 0 Å². The zero-order valence-corrected chi connectivity index (χ0v) is 11.2. The number of rotatable bonds is 2. The number of nitrogens with zero attached hydrogens (tertiary/aromatic N) is 5. The molecule has 4 N–H and O–H groups in total. The van der Waals surface area contributed by atoms with Gasteiger partial charge in [-0.1, -0.05) is 0 Å². The van der Waals surface area contributed by atoms with Gasteiger partial charge in [0.05, 0.1) is 19.0 Å². The molecule has 4 atom stereocenters. The fraction of sp³-hybridized carbons (Fsp3) is 0.500. The number of nitriles is 1. The molecule has 0 spiro atoms. The van der Waals surface area contributed by atoms with Gasteiger partial charge in [-0.25, -0.2) is 15.0 Å². The Labute approximate surface area is 119 Å². The Balaban J connectivity index is 2.14. The summed E-state index contributed by atoms with van der Waals surface area (Å²) in [5, 5.41) is 28.9. The predicted octanol–water partition coefficient (Wildman–Crippen LogP) is -0.811. The number of ether oxygens (including phenoxy) is 1. The van der Waals surface area contributed by atoms with E-state index in [1.165, 1.54) is 17.2 Å². The summed E-state index contributed by atoms with van der Waals surface area (Å²) in [4.78, 5) is 12.1. The fourth-order valence-corrected chi connectivity index (χ4v) is 2.57. The van der Waals surface area contributed by atoms with E-state index in [0.29, 0.717) is 11.2 Å². The molecule has 1 aliphatic heterocycles. The molecule has 9 nitrogen and oxygen atoms in total. The molecule has 0 saturated carbocycles. The second-order valence-electron chi connectivity index (χ2n) is 5.13. The maximum absolute atomic E-state index is 10.2. The summed E-state index contributed by atoms with van der Waals surface area (Å²) in [6.07, 6.45) is -0.101. The third kappa shape index (κ3) is 1.77. The highest BCUT2D eigenvalue weighted by atomic mass is 16.5. The first kappa shape index (κ1) is 13.7.